The molecule has 1 aliphatic heterocycles. The Morgan fingerprint density at radius 2 is 1.79 bits per heavy atom. The molecule has 24 heavy (non-hydrogen) atoms. The third-order valence-electron chi connectivity index (χ3n) is 4.08. The third kappa shape index (κ3) is 4.97. The number of benzene rings is 1. The predicted octanol–water partition coefficient (Wildman–Crippen LogP) is 1.24. The van der Waals surface area contributed by atoms with Crippen molar-refractivity contribution in [2.45, 2.75) is 6.42 Å². The van der Waals surface area contributed by atoms with E-state index in [1.54, 1.807) is 0 Å². The maximum absolute atomic E-state index is 13.5. The zero-order valence-corrected chi connectivity index (χ0v) is 13.5. The van der Waals surface area contributed by atoms with E-state index in [1.807, 2.05) is 11.9 Å². The second kappa shape index (κ2) is 8.16. The van der Waals surface area contributed by atoms with Crippen LogP contribution < -0.4 is 5.32 Å². The standard InChI is InChI=1S/C16H21F2N3O3/c1-20-5-7-21(8-6-20)10-11(16(23)24)9-14(22)19-15-12(17)3-2-4-13(15)18/h2-4,11H,5-10H2,1H3,(H,19,22)(H,23,24)/t11-/m0/s1. The molecule has 0 unspecified atom stereocenters. The Morgan fingerprint density at radius 1 is 1.21 bits per heavy atom. The average molecular weight is 341 g/mol. The van der Waals surface area contributed by atoms with Gasteiger partial charge in [-0.3, -0.25) is 14.5 Å². The maximum Gasteiger partial charge on any atom is 0.308 e. The van der Waals surface area contributed by atoms with Gasteiger partial charge in [0.15, 0.2) is 0 Å². The second-order valence-corrected chi connectivity index (χ2v) is 5.99. The number of likely N-dealkylation sites (N-methyl/N-ethyl adjacent to an activating group) is 1. The molecule has 0 saturated carbocycles. The van der Waals surface area contributed by atoms with Crippen molar-refractivity contribution >= 4 is 17.6 Å². The van der Waals surface area contributed by atoms with E-state index in [-0.39, 0.29) is 13.0 Å². The Kier molecular flexibility index (Phi) is 6.22. The lowest BCUT2D eigenvalue weighted by molar-refractivity contribution is -0.144. The molecule has 1 saturated heterocycles. The minimum atomic E-state index is -1.10. The summed E-state index contributed by atoms with van der Waals surface area (Å²) in [5, 5.41) is 11.4. The number of carboxylic acid groups (broad SMARTS) is 1. The van der Waals surface area contributed by atoms with E-state index in [2.05, 4.69) is 10.2 Å². The van der Waals surface area contributed by atoms with Crippen LogP contribution in [0.3, 0.4) is 0 Å². The molecule has 2 N–H and O–H groups in total. The number of hydrogen-bond donors (Lipinski definition) is 2. The molecule has 1 aliphatic rings. The highest BCUT2D eigenvalue weighted by atomic mass is 19.1. The molecule has 1 atom stereocenters. The molecule has 0 bridgehead atoms. The van der Waals surface area contributed by atoms with E-state index in [0.717, 1.165) is 38.3 Å². The fraction of sp³-hybridized carbons (Fsp3) is 0.500. The first-order valence-corrected chi connectivity index (χ1v) is 7.74. The summed E-state index contributed by atoms with van der Waals surface area (Å²) in [6, 6.07) is 3.24. The number of hydrogen-bond acceptors (Lipinski definition) is 4. The number of aliphatic carboxylic acids is 1. The lowest BCUT2D eigenvalue weighted by Crippen LogP contribution is -2.47. The van der Waals surface area contributed by atoms with Crippen molar-refractivity contribution in [1.29, 1.82) is 0 Å². The number of halogens is 2. The smallest absolute Gasteiger partial charge is 0.308 e. The van der Waals surface area contributed by atoms with Gasteiger partial charge in [0.2, 0.25) is 5.91 Å². The number of nitrogens with zero attached hydrogens (tertiary/aromatic N) is 2. The van der Waals surface area contributed by atoms with Gasteiger partial charge in [0.25, 0.3) is 0 Å². The molecule has 0 spiro atoms. The molecule has 0 aliphatic carbocycles. The SMILES string of the molecule is CN1CCN(C[C@H](CC(=O)Nc2c(F)cccc2F)C(=O)O)CC1. The molecular weight excluding hydrogens is 320 g/mol. The summed E-state index contributed by atoms with van der Waals surface area (Å²) < 4.78 is 27.1. The van der Waals surface area contributed by atoms with Gasteiger partial charge >= 0.3 is 5.97 Å². The van der Waals surface area contributed by atoms with Gasteiger partial charge in [-0.15, -0.1) is 0 Å². The van der Waals surface area contributed by atoms with Crippen molar-refractivity contribution in [3.63, 3.8) is 0 Å². The first-order valence-electron chi connectivity index (χ1n) is 7.74. The Bertz CT molecular complexity index is 584. The molecule has 1 amide bonds. The van der Waals surface area contributed by atoms with Gasteiger partial charge in [0, 0.05) is 39.1 Å². The minimum absolute atomic E-state index is 0.232. The van der Waals surface area contributed by atoms with E-state index >= 15 is 0 Å². The molecule has 132 valence electrons. The van der Waals surface area contributed by atoms with Gasteiger partial charge in [-0.05, 0) is 19.2 Å². The molecule has 1 aromatic rings. The van der Waals surface area contributed by atoms with Gasteiger partial charge in [0.05, 0.1) is 5.92 Å². The number of carboxylic acids is 1. The number of nitrogens with one attached hydrogen (secondary N) is 1. The van der Waals surface area contributed by atoms with Crippen LogP contribution in [0.2, 0.25) is 0 Å². The van der Waals surface area contributed by atoms with E-state index < -0.39 is 35.1 Å². The summed E-state index contributed by atoms with van der Waals surface area (Å²) in [6.07, 6.45) is -0.338. The second-order valence-electron chi connectivity index (χ2n) is 5.99. The van der Waals surface area contributed by atoms with Gasteiger partial charge in [-0.2, -0.15) is 0 Å². The number of anilines is 1. The van der Waals surface area contributed by atoms with Gasteiger partial charge in [-0.1, -0.05) is 6.07 Å². The Morgan fingerprint density at radius 3 is 2.33 bits per heavy atom. The minimum Gasteiger partial charge on any atom is -0.481 e. The Balaban J connectivity index is 1.95. The quantitative estimate of drug-likeness (QED) is 0.815. The normalized spacial score (nSPS) is 17.5. The number of carbonyl (C=O) groups is 2. The number of para-hydroxylation sites is 1. The highest BCUT2D eigenvalue weighted by Crippen LogP contribution is 2.19. The summed E-state index contributed by atoms with van der Waals surface area (Å²) in [5.41, 5.74) is -0.550. The summed E-state index contributed by atoms with van der Waals surface area (Å²) in [4.78, 5) is 27.5. The van der Waals surface area contributed by atoms with Crippen molar-refractivity contribution < 1.29 is 23.5 Å². The predicted molar refractivity (Wildman–Crippen MR) is 84.7 cm³/mol. The molecule has 8 heteroatoms. The molecule has 2 rings (SSSR count). The van der Waals surface area contributed by atoms with Gasteiger partial charge in [-0.25, -0.2) is 8.78 Å². The largest absolute Gasteiger partial charge is 0.481 e. The van der Waals surface area contributed by atoms with E-state index in [1.165, 1.54) is 6.07 Å². The Labute approximate surface area is 139 Å². The van der Waals surface area contributed by atoms with Crippen LogP contribution in [0.25, 0.3) is 0 Å². The van der Waals surface area contributed by atoms with Crippen molar-refractivity contribution in [3.05, 3.63) is 29.8 Å². The van der Waals surface area contributed by atoms with E-state index in [0.29, 0.717) is 0 Å². The number of piperazine rings is 1. The fourth-order valence-corrected chi connectivity index (χ4v) is 2.60. The highest BCUT2D eigenvalue weighted by molar-refractivity contribution is 5.93. The van der Waals surface area contributed by atoms with Crippen LogP contribution in [0.1, 0.15) is 6.42 Å². The van der Waals surface area contributed by atoms with Crippen LogP contribution in [0, 0.1) is 17.6 Å². The van der Waals surface area contributed by atoms with Crippen molar-refractivity contribution in [1.82, 2.24) is 9.80 Å². The van der Waals surface area contributed by atoms with Gasteiger partial charge < -0.3 is 15.3 Å². The zero-order valence-electron chi connectivity index (χ0n) is 13.5. The number of amides is 1. The first kappa shape index (κ1) is 18.3. The van der Waals surface area contributed by atoms with Crippen LogP contribution in [-0.4, -0.2) is 66.6 Å². The van der Waals surface area contributed by atoms with Gasteiger partial charge in [0.1, 0.15) is 17.3 Å². The van der Waals surface area contributed by atoms with Crippen molar-refractivity contribution in [3.8, 4) is 0 Å². The van der Waals surface area contributed by atoms with Crippen molar-refractivity contribution in [2.24, 2.45) is 5.92 Å². The monoisotopic (exact) mass is 341 g/mol. The third-order valence-corrected chi connectivity index (χ3v) is 4.08. The first-order chi connectivity index (χ1) is 11.4. The molecule has 0 aromatic heterocycles. The summed E-state index contributed by atoms with van der Waals surface area (Å²) in [6.45, 7) is 3.35. The lowest BCUT2D eigenvalue weighted by Gasteiger charge is -2.33. The van der Waals surface area contributed by atoms with Crippen LogP contribution >= 0.6 is 0 Å². The summed E-state index contributed by atoms with van der Waals surface area (Å²) in [5.74, 6) is -4.54. The van der Waals surface area contributed by atoms with Crippen molar-refractivity contribution in [2.75, 3.05) is 45.1 Å². The number of rotatable bonds is 6. The molecule has 0 radical (unpaired) electrons. The average Bonchev–Trinajstić information content (AvgIpc) is 2.52. The van der Waals surface area contributed by atoms with E-state index in [4.69, 9.17) is 0 Å². The summed E-state index contributed by atoms with van der Waals surface area (Å²) >= 11 is 0. The zero-order chi connectivity index (χ0) is 17.7. The molecule has 1 heterocycles. The Hall–Kier alpha value is -2.06. The number of carbonyl (C=O) groups excluding carboxylic acids is 1. The summed E-state index contributed by atoms with van der Waals surface area (Å²) in [7, 11) is 1.99. The fourth-order valence-electron chi connectivity index (χ4n) is 2.60. The van der Waals surface area contributed by atoms with Crippen LogP contribution in [0.15, 0.2) is 18.2 Å². The molecular formula is C16H21F2N3O3. The topological polar surface area (TPSA) is 72.9 Å². The molecule has 6 nitrogen and oxygen atoms in total. The maximum atomic E-state index is 13.5. The lowest BCUT2D eigenvalue weighted by atomic mass is 10.0. The van der Waals surface area contributed by atoms with Crippen LogP contribution in [-0.2, 0) is 9.59 Å². The highest BCUT2D eigenvalue weighted by Gasteiger charge is 2.26. The van der Waals surface area contributed by atoms with Crippen LogP contribution in [0.4, 0.5) is 14.5 Å². The molecule has 1 aromatic carbocycles. The molecule has 1 fully saturated rings. The van der Waals surface area contributed by atoms with E-state index in [9.17, 15) is 23.5 Å². The van der Waals surface area contributed by atoms with Crippen LogP contribution in [0.5, 0.6) is 0 Å².